The van der Waals surface area contributed by atoms with Gasteiger partial charge >= 0.3 is 6.03 Å². The van der Waals surface area contributed by atoms with Crippen LogP contribution in [-0.2, 0) is 9.47 Å². The Kier molecular flexibility index (Phi) is 4.53. The molecule has 1 aromatic heterocycles. The minimum absolute atomic E-state index is 0.220. The Morgan fingerprint density at radius 1 is 1.46 bits per heavy atom. The standard InChI is InChI=1S/C16H16ClFN4O4/c17-8-5-19-22(6-8)13-14(23)12(11-7-25-15(13)26-11)21-16(24)20-10-3-1-2-9(18)4-10/h1-6,11-15,23H,7H2,(H2,20,21,24)/t11-,12-,13-,14+,15-/m1/s1. The van der Waals surface area contributed by atoms with Gasteiger partial charge in [0, 0.05) is 11.9 Å². The number of aliphatic hydroxyl groups is 1. The lowest BCUT2D eigenvalue weighted by Crippen LogP contribution is -2.59. The maximum Gasteiger partial charge on any atom is 0.319 e. The van der Waals surface area contributed by atoms with E-state index in [0.29, 0.717) is 10.7 Å². The predicted molar refractivity (Wildman–Crippen MR) is 89.2 cm³/mol. The van der Waals surface area contributed by atoms with E-state index in [1.807, 2.05) is 0 Å². The fourth-order valence-electron chi connectivity index (χ4n) is 3.22. The number of fused-ring (bicyclic) bond motifs is 2. The number of carbonyl (C=O) groups is 1. The summed E-state index contributed by atoms with van der Waals surface area (Å²) in [7, 11) is 0. The van der Waals surface area contributed by atoms with Crippen LogP contribution in [0.15, 0.2) is 36.7 Å². The summed E-state index contributed by atoms with van der Waals surface area (Å²) in [5.41, 5.74) is 0.296. The lowest BCUT2D eigenvalue weighted by atomic mass is 9.96. The Bertz CT molecular complexity index is 819. The molecule has 0 saturated carbocycles. The van der Waals surface area contributed by atoms with Gasteiger partial charge < -0.3 is 25.2 Å². The highest BCUT2D eigenvalue weighted by Gasteiger charge is 2.51. The van der Waals surface area contributed by atoms with E-state index in [2.05, 4.69) is 15.7 Å². The monoisotopic (exact) mass is 382 g/mol. The average molecular weight is 383 g/mol. The highest BCUT2D eigenvalue weighted by Crippen LogP contribution is 2.35. The second-order valence-electron chi connectivity index (χ2n) is 6.13. The molecule has 5 atom stereocenters. The third-order valence-electron chi connectivity index (χ3n) is 4.39. The first kappa shape index (κ1) is 17.2. The van der Waals surface area contributed by atoms with Crippen molar-refractivity contribution in [3.05, 3.63) is 47.5 Å². The molecule has 1 aromatic carbocycles. The molecule has 2 aliphatic rings. The molecule has 3 N–H and O–H groups in total. The topological polar surface area (TPSA) is 97.6 Å². The van der Waals surface area contributed by atoms with E-state index in [0.717, 1.165) is 0 Å². The van der Waals surface area contributed by atoms with Crippen molar-refractivity contribution in [2.45, 2.75) is 30.6 Å². The van der Waals surface area contributed by atoms with E-state index >= 15 is 0 Å². The number of rotatable bonds is 3. The Morgan fingerprint density at radius 2 is 2.31 bits per heavy atom. The number of halogens is 2. The minimum atomic E-state index is -1.02. The highest BCUT2D eigenvalue weighted by atomic mass is 35.5. The van der Waals surface area contributed by atoms with Crippen LogP contribution in [0.2, 0.25) is 5.02 Å². The maximum atomic E-state index is 13.2. The zero-order chi connectivity index (χ0) is 18.3. The van der Waals surface area contributed by atoms with Crippen molar-refractivity contribution in [3.8, 4) is 0 Å². The number of carbonyl (C=O) groups excluding carboxylic acids is 1. The molecule has 138 valence electrons. The molecular formula is C16H16ClFN4O4. The number of nitrogens with one attached hydrogen (secondary N) is 2. The molecule has 2 aliphatic heterocycles. The van der Waals surface area contributed by atoms with Crippen LogP contribution in [0.1, 0.15) is 6.04 Å². The quantitative estimate of drug-likeness (QED) is 0.747. The van der Waals surface area contributed by atoms with Crippen LogP contribution in [0, 0.1) is 5.82 Å². The van der Waals surface area contributed by atoms with Crippen LogP contribution in [-0.4, -0.2) is 52.1 Å². The molecule has 2 aromatic rings. The number of benzene rings is 1. The van der Waals surface area contributed by atoms with Gasteiger partial charge in [0.05, 0.1) is 23.9 Å². The summed E-state index contributed by atoms with van der Waals surface area (Å²) < 4.78 is 26.0. The molecule has 26 heavy (non-hydrogen) atoms. The van der Waals surface area contributed by atoms with Gasteiger partial charge in [-0.1, -0.05) is 17.7 Å². The van der Waals surface area contributed by atoms with Crippen LogP contribution in [0.4, 0.5) is 14.9 Å². The normalized spacial score (nSPS) is 30.2. The van der Waals surface area contributed by atoms with Crippen molar-refractivity contribution in [1.29, 1.82) is 0 Å². The number of aromatic nitrogens is 2. The summed E-state index contributed by atoms with van der Waals surface area (Å²) in [5.74, 6) is -0.466. The highest BCUT2D eigenvalue weighted by molar-refractivity contribution is 6.30. The summed E-state index contributed by atoms with van der Waals surface area (Å²) in [6.45, 7) is 0.220. The van der Waals surface area contributed by atoms with Crippen molar-refractivity contribution in [3.63, 3.8) is 0 Å². The Labute approximate surface area is 152 Å². The fraction of sp³-hybridized carbons (Fsp3) is 0.375. The van der Waals surface area contributed by atoms with E-state index in [9.17, 15) is 14.3 Å². The molecule has 0 radical (unpaired) electrons. The van der Waals surface area contributed by atoms with Crippen LogP contribution in [0.5, 0.6) is 0 Å². The summed E-state index contributed by atoms with van der Waals surface area (Å²) in [5, 5.41) is 20.5. The van der Waals surface area contributed by atoms with Gasteiger partial charge in [0.1, 0.15) is 24.1 Å². The molecule has 0 aliphatic carbocycles. The lowest BCUT2D eigenvalue weighted by Gasteiger charge is -2.38. The van der Waals surface area contributed by atoms with Gasteiger partial charge in [-0.15, -0.1) is 0 Å². The third kappa shape index (κ3) is 3.26. The Hall–Kier alpha value is -2.20. The summed E-state index contributed by atoms with van der Waals surface area (Å²) in [6.07, 6.45) is 0.778. The molecule has 8 nitrogen and oxygen atoms in total. The number of nitrogens with zero attached hydrogens (tertiary/aromatic N) is 2. The van der Waals surface area contributed by atoms with E-state index in [4.69, 9.17) is 21.1 Å². The molecule has 2 fully saturated rings. The molecule has 10 heteroatoms. The minimum Gasteiger partial charge on any atom is -0.388 e. The maximum absolute atomic E-state index is 13.2. The van der Waals surface area contributed by atoms with Crippen LogP contribution in [0.25, 0.3) is 0 Å². The largest absolute Gasteiger partial charge is 0.388 e. The van der Waals surface area contributed by atoms with Crippen molar-refractivity contribution in [1.82, 2.24) is 15.1 Å². The second kappa shape index (κ2) is 6.84. The van der Waals surface area contributed by atoms with Crippen molar-refractivity contribution < 1.29 is 23.8 Å². The predicted octanol–water partition coefficient (Wildman–Crippen LogP) is 1.52. The van der Waals surface area contributed by atoms with Crippen LogP contribution < -0.4 is 10.6 Å². The smallest absolute Gasteiger partial charge is 0.319 e. The van der Waals surface area contributed by atoms with Gasteiger partial charge in [-0.05, 0) is 18.2 Å². The molecule has 2 bridgehead atoms. The fourth-order valence-corrected chi connectivity index (χ4v) is 3.37. The van der Waals surface area contributed by atoms with Crippen molar-refractivity contribution >= 4 is 23.3 Å². The Morgan fingerprint density at radius 3 is 3.04 bits per heavy atom. The van der Waals surface area contributed by atoms with Gasteiger partial charge in [0.25, 0.3) is 0 Å². The summed E-state index contributed by atoms with van der Waals surface area (Å²) in [6, 6.07) is 3.51. The van der Waals surface area contributed by atoms with Crippen molar-refractivity contribution in [2.75, 3.05) is 11.9 Å². The molecule has 0 unspecified atom stereocenters. The molecule has 2 saturated heterocycles. The number of anilines is 1. The number of ether oxygens (including phenoxy) is 2. The number of aliphatic hydroxyl groups excluding tert-OH is 1. The Balaban J connectivity index is 1.49. The lowest BCUT2D eigenvalue weighted by molar-refractivity contribution is -0.166. The van der Waals surface area contributed by atoms with Gasteiger partial charge in [-0.25, -0.2) is 9.18 Å². The van der Waals surface area contributed by atoms with Crippen LogP contribution in [0.3, 0.4) is 0 Å². The van der Waals surface area contributed by atoms with E-state index in [1.165, 1.54) is 29.1 Å². The molecule has 3 heterocycles. The number of hydrogen-bond acceptors (Lipinski definition) is 5. The number of urea groups is 1. The van der Waals surface area contributed by atoms with Crippen LogP contribution >= 0.6 is 11.6 Å². The molecule has 4 rings (SSSR count). The molecular weight excluding hydrogens is 367 g/mol. The number of hydrogen-bond donors (Lipinski definition) is 3. The number of amides is 2. The molecule has 0 spiro atoms. The first-order valence-corrected chi connectivity index (χ1v) is 8.37. The average Bonchev–Trinajstić information content (AvgIpc) is 3.20. The van der Waals surface area contributed by atoms with Gasteiger partial charge in [0.2, 0.25) is 0 Å². The van der Waals surface area contributed by atoms with Gasteiger partial charge in [-0.2, -0.15) is 5.10 Å². The van der Waals surface area contributed by atoms with Crippen molar-refractivity contribution in [2.24, 2.45) is 0 Å². The van der Waals surface area contributed by atoms with Gasteiger partial charge in [0.15, 0.2) is 6.29 Å². The summed E-state index contributed by atoms with van der Waals surface area (Å²) in [4.78, 5) is 12.3. The first-order chi connectivity index (χ1) is 12.5. The van der Waals surface area contributed by atoms with E-state index < -0.39 is 42.4 Å². The third-order valence-corrected chi connectivity index (χ3v) is 4.58. The SMILES string of the molecule is O=C(Nc1cccc(F)c1)N[C@H]1[C@H](O)[C@@H](n2cc(Cl)cn2)[C@@H]2OC[C@H]1O2. The second-order valence-corrected chi connectivity index (χ2v) is 6.57. The van der Waals surface area contributed by atoms with E-state index in [1.54, 1.807) is 12.3 Å². The summed E-state index contributed by atoms with van der Waals surface area (Å²) >= 11 is 5.90. The zero-order valence-electron chi connectivity index (χ0n) is 13.4. The molecule has 2 amide bonds. The van der Waals surface area contributed by atoms with E-state index in [-0.39, 0.29) is 6.61 Å². The first-order valence-electron chi connectivity index (χ1n) is 7.99. The van der Waals surface area contributed by atoms with Gasteiger partial charge in [-0.3, -0.25) is 4.68 Å². The zero-order valence-corrected chi connectivity index (χ0v) is 14.1.